The number of nitrogens with two attached hydrogens (primary N) is 1. The van der Waals surface area contributed by atoms with Crippen LogP contribution in [0.15, 0.2) is 30.3 Å². The van der Waals surface area contributed by atoms with E-state index in [-0.39, 0.29) is 17.7 Å². The van der Waals surface area contributed by atoms with Gasteiger partial charge in [0.15, 0.2) is 0 Å². The van der Waals surface area contributed by atoms with Crippen molar-refractivity contribution in [3.8, 4) is 0 Å². The van der Waals surface area contributed by atoms with Gasteiger partial charge in [-0.05, 0) is 31.5 Å². The predicted octanol–water partition coefficient (Wildman–Crippen LogP) is 1.23. The van der Waals surface area contributed by atoms with E-state index in [1.807, 2.05) is 30.0 Å². The highest BCUT2D eigenvalue weighted by atomic mass is 32.2. The molecule has 2 amide bonds. The van der Waals surface area contributed by atoms with E-state index in [1.165, 1.54) is 5.56 Å². The minimum absolute atomic E-state index is 0.0244. The summed E-state index contributed by atoms with van der Waals surface area (Å²) in [6, 6.07) is 10.3. The van der Waals surface area contributed by atoms with Crippen molar-refractivity contribution in [3.05, 3.63) is 35.9 Å². The average molecular weight is 335 g/mol. The fourth-order valence-electron chi connectivity index (χ4n) is 2.66. The van der Waals surface area contributed by atoms with Gasteiger partial charge < -0.3 is 11.1 Å². The second kappa shape index (κ2) is 9.57. The Morgan fingerprint density at radius 3 is 2.57 bits per heavy atom. The fraction of sp³-hybridized carbons (Fsp3) is 0.529. The largest absolute Gasteiger partial charge is 0.369 e. The first kappa shape index (κ1) is 17.8. The minimum atomic E-state index is -0.218. The Kier molecular flexibility index (Phi) is 7.42. The molecule has 1 aliphatic heterocycles. The van der Waals surface area contributed by atoms with Gasteiger partial charge in [-0.1, -0.05) is 30.3 Å². The Labute approximate surface area is 142 Å². The Morgan fingerprint density at radius 2 is 1.91 bits per heavy atom. The summed E-state index contributed by atoms with van der Waals surface area (Å²) in [4.78, 5) is 25.1. The maximum Gasteiger partial charge on any atom is 0.234 e. The molecule has 1 aromatic carbocycles. The molecule has 0 saturated carbocycles. The van der Waals surface area contributed by atoms with E-state index in [1.54, 1.807) is 0 Å². The second-order valence-electron chi connectivity index (χ2n) is 5.84. The van der Waals surface area contributed by atoms with Gasteiger partial charge in [0.05, 0.1) is 6.54 Å². The number of nitrogens with one attached hydrogen (secondary N) is 1. The van der Waals surface area contributed by atoms with E-state index in [4.69, 9.17) is 5.73 Å². The topological polar surface area (TPSA) is 75.4 Å². The summed E-state index contributed by atoms with van der Waals surface area (Å²) >= 11 is 1.82. The molecule has 5 nitrogen and oxygen atoms in total. The molecule has 0 bridgehead atoms. The highest BCUT2D eigenvalue weighted by molar-refractivity contribution is 7.98. The van der Waals surface area contributed by atoms with Crippen LogP contribution in [0.4, 0.5) is 0 Å². The minimum Gasteiger partial charge on any atom is -0.369 e. The molecule has 1 fully saturated rings. The van der Waals surface area contributed by atoms with Crippen molar-refractivity contribution in [2.75, 3.05) is 31.9 Å². The smallest absolute Gasteiger partial charge is 0.234 e. The zero-order chi connectivity index (χ0) is 16.5. The van der Waals surface area contributed by atoms with Crippen LogP contribution in [0.3, 0.4) is 0 Å². The van der Waals surface area contributed by atoms with Crippen LogP contribution in [-0.2, 0) is 15.3 Å². The van der Waals surface area contributed by atoms with E-state index in [0.29, 0.717) is 13.1 Å². The molecule has 126 valence electrons. The number of hydrogen-bond donors (Lipinski definition) is 2. The number of primary amides is 1. The number of rotatable bonds is 8. The van der Waals surface area contributed by atoms with Gasteiger partial charge in [-0.2, -0.15) is 11.8 Å². The molecule has 1 saturated heterocycles. The molecule has 0 aromatic heterocycles. The summed E-state index contributed by atoms with van der Waals surface area (Å²) in [6.07, 6.45) is 1.52. The van der Waals surface area contributed by atoms with Crippen LogP contribution < -0.4 is 11.1 Å². The zero-order valence-corrected chi connectivity index (χ0v) is 14.2. The number of thioether (sulfide) groups is 1. The van der Waals surface area contributed by atoms with Crippen LogP contribution >= 0.6 is 11.8 Å². The van der Waals surface area contributed by atoms with Crippen LogP contribution in [0, 0.1) is 5.92 Å². The number of nitrogens with zero attached hydrogens (tertiary/aromatic N) is 1. The number of piperidine rings is 1. The lowest BCUT2D eigenvalue weighted by Gasteiger charge is -2.29. The molecule has 0 radical (unpaired) electrons. The molecule has 1 aromatic rings. The van der Waals surface area contributed by atoms with Gasteiger partial charge in [0.25, 0.3) is 0 Å². The quantitative estimate of drug-likeness (QED) is 0.701. The number of hydrogen-bond acceptors (Lipinski definition) is 4. The number of amides is 2. The fourth-order valence-corrected chi connectivity index (χ4v) is 3.48. The zero-order valence-electron chi connectivity index (χ0n) is 13.4. The molecule has 1 aliphatic rings. The molecule has 2 rings (SSSR count). The average Bonchev–Trinajstić information content (AvgIpc) is 2.56. The first-order valence-electron chi connectivity index (χ1n) is 8.05. The molecular weight excluding hydrogens is 310 g/mol. The second-order valence-corrected chi connectivity index (χ2v) is 6.95. The third kappa shape index (κ3) is 6.62. The summed E-state index contributed by atoms with van der Waals surface area (Å²) < 4.78 is 0. The summed E-state index contributed by atoms with van der Waals surface area (Å²) in [5.74, 6) is 1.69. The van der Waals surface area contributed by atoms with Crippen molar-refractivity contribution >= 4 is 23.6 Å². The Hall–Kier alpha value is -1.53. The summed E-state index contributed by atoms with van der Waals surface area (Å²) in [5.41, 5.74) is 6.62. The van der Waals surface area contributed by atoms with E-state index < -0.39 is 0 Å². The van der Waals surface area contributed by atoms with Crippen molar-refractivity contribution in [1.82, 2.24) is 10.2 Å². The van der Waals surface area contributed by atoms with E-state index in [9.17, 15) is 9.59 Å². The highest BCUT2D eigenvalue weighted by Gasteiger charge is 2.23. The predicted molar refractivity (Wildman–Crippen MR) is 94.0 cm³/mol. The maximum atomic E-state index is 11.9. The summed E-state index contributed by atoms with van der Waals surface area (Å²) in [5, 5.41) is 2.96. The molecule has 1 heterocycles. The third-order valence-corrected chi connectivity index (χ3v) is 5.07. The number of carbonyl (C=O) groups is 2. The van der Waals surface area contributed by atoms with Gasteiger partial charge in [0, 0.05) is 24.0 Å². The number of carbonyl (C=O) groups excluding carboxylic acids is 2. The molecule has 0 atom stereocenters. The van der Waals surface area contributed by atoms with Crippen LogP contribution in [0.2, 0.25) is 0 Å². The first-order chi connectivity index (χ1) is 11.1. The third-order valence-electron chi connectivity index (χ3n) is 4.04. The van der Waals surface area contributed by atoms with E-state index >= 15 is 0 Å². The Balaban J connectivity index is 1.53. The van der Waals surface area contributed by atoms with Crippen LogP contribution in [-0.4, -0.2) is 48.6 Å². The summed E-state index contributed by atoms with van der Waals surface area (Å²) in [7, 11) is 0. The molecule has 0 aliphatic carbocycles. The maximum absolute atomic E-state index is 11.9. The lowest BCUT2D eigenvalue weighted by Crippen LogP contribution is -2.43. The van der Waals surface area contributed by atoms with Crippen molar-refractivity contribution in [2.24, 2.45) is 11.7 Å². The number of benzene rings is 1. The SMILES string of the molecule is NC(=O)C1CCN(CC(=O)NCCSCc2ccccc2)CC1. The van der Waals surface area contributed by atoms with Crippen molar-refractivity contribution < 1.29 is 9.59 Å². The molecule has 3 N–H and O–H groups in total. The molecule has 0 unspecified atom stereocenters. The van der Waals surface area contributed by atoms with Gasteiger partial charge in [0.1, 0.15) is 0 Å². The Bertz CT molecular complexity index is 502. The van der Waals surface area contributed by atoms with Crippen molar-refractivity contribution in [2.45, 2.75) is 18.6 Å². The van der Waals surface area contributed by atoms with Crippen LogP contribution in [0.1, 0.15) is 18.4 Å². The van der Waals surface area contributed by atoms with Gasteiger partial charge in [-0.3, -0.25) is 14.5 Å². The molecule has 23 heavy (non-hydrogen) atoms. The number of likely N-dealkylation sites (tertiary alicyclic amines) is 1. The lowest BCUT2D eigenvalue weighted by atomic mass is 9.96. The molecule has 0 spiro atoms. The normalized spacial score (nSPS) is 16.2. The van der Waals surface area contributed by atoms with Crippen LogP contribution in [0.5, 0.6) is 0 Å². The monoisotopic (exact) mass is 335 g/mol. The van der Waals surface area contributed by atoms with E-state index in [2.05, 4.69) is 22.3 Å². The Morgan fingerprint density at radius 1 is 1.22 bits per heavy atom. The van der Waals surface area contributed by atoms with Gasteiger partial charge >= 0.3 is 0 Å². The standard InChI is InChI=1S/C17H25N3O2S/c18-17(22)15-6-9-20(10-7-15)12-16(21)19-8-11-23-13-14-4-2-1-3-5-14/h1-5,15H,6-13H2,(H2,18,22)(H,19,21). The summed E-state index contributed by atoms with van der Waals surface area (Å²) in [6.45, 7) is 2.64. The first-order valence-corrected chi connectivity index (χ1v) is 9.20. The van der Waals surface area contributed by atoms with E-state index in [0.717, 1.165) is 37.4 Å². The molecule has 6 heteroatoms. The van der Waals surface area contributed by atoms with Crippen LogP contribution in [0.25, 0.3) is 0 Å². The van der Waals surface area contributed by atoms with Gasteiger partial charge in [-0.15, -0.1) is 0 Å². The molecular formula is C17H25N3O2S. The van der Waals surface area contributed by atoms with Gasteiger partial charge in [0.2, 0.25) is 11.8 Å². The lowest BCUT2D eigenvalue weighted by molar-refractivity contribution is -0.124. The van der Waals surface area contributed by atoms with Gasteiger partial charge in [-0.25, -0.2) is 0 Å². The highest BCUT2D eigenvalue weighted by Crippen LogP contribution is 2.16. The van der Waals surface area contributed by atoms with Crippen molar-refractivity contribution in [1.29, 1.82) is 0 Å². The van der Waals surface area contributed by atoms with Crippen molar-refractivity contribution in [3.63, 3.8) is 0 Å².